The molecule has 0 aliphatic carbocycles. The Kier molecular flexibility index (Phi) is 5.97. The average molecular weight is 340 g/mol. The lowest BCUT2D eigenvalue weighted by Gasteiger charge is -2.09. The summed E-state index contributed by atoms with van der Waals surface area (Å²) in [7, 11) is 0. The minimum Gasteiger partial charge on any atom is -0.324 e. The Morgan fingerprint density at radius 3 is 2.33 bits per heavy atom. The summed E-state index contributed by atoms with van der Waals surface area (Å²) in [4.78, 5) is 13.1. The van der Waals surface area contributed by atoms with Gasteiger partial charge in [0.1, 0.15) is 0 Å². The third-order valence-corrected chi connectivity index (χ3v) is 4.49. The van der Waals surface area contributed by atoms with Gasteiger partial charge in [0.15, 0.2) is 0 Å². The van der Waals surface area contributed by atoms with Crippen LogP contribution < -0.4 is 5.32 Å². The molecule has 0 saturated carbocycles. The zero-order valence-electron chi connectivity index (χ0n) is 11.5. The number of benzene rings is 2. The molecule has 0 saturated heterocycles. The van der Waals surface area contributed by atoms with Crippen LogP contribution in [0, 0.1) is 6.92 Å². The van der Waals surface area contributed by atoms with E-state index in [2.05, 4.69) is 36.5 Å². The highest BCUT2D eigenvalue weighted by Crippen LogP contribution is 2.30. The summed E-state index contributed by atoms with van der Waals surface area (Å²) in [5.74, 6) is 0.612. The highest BCUT2D eigenvalue weighted by atomic mass is 35.5. The molecule has 1 N–H and O–H groups in total. The van der Waals surface area contributed by atoms with Crippen molar-refractivity contribution >= 4 is 46.6 Å². The van der Waals surface area contributed by atoms with E-state index in [0.717, 1.165) is 4.90 Å². The molecule has 0 spiro atoms. The molecule has 2 rings (SSSR count). The third kappa shape index (κ3) is 4.95. The monoisotopic (exact) mass is 339 g/mol. The number of rotatable bonds is 5. The first-order valence-corrected chi connectivity index (χ1v) is 8.24. The second-order valence-electron chi connectivity index (χ2n) is 4.56. The predicted octanol–water partition coefficient (Wildman–Crippen LogP) is 5.42. The first kappa shape index (κ1) is 16.2. The molecule has 0 bridgehead atoms. The van der Waals surface area contributed by atoms with E-state index < -0.39 is 0 Å². The van der Waals surface area contributed by atoms with Crippen molar-refractivity contribution in [1.29, 1.82) is 0 Å². The molecule has 2 aromatic rings. The van der Waals surface area contributed by atoms with Crippen LogP contribution >= 0.6 is 35.0 Å². The van der Waals surface area contributed by atoms with Crippen molar-refractivity contribution in [3.8, 4) is 0 Å². The van der Waals surface area contributed by atoms with Crippen LogP contribution in [-0.2, 0) is 4.79 Å². The molecule has 0 aliphatic rings. The first-order valence-electron chi connectivity index (χ1n) is 6.49. The number of halogens is 2. The number of carbonyl (C=O) groups is 1. The van der Waals surface area contributed by atoms with Crippen molar-refractivity contribution in [3.05, 3.63) is 58.1 Å². The van der Waals surface area contributed by atoms with Gasteiger partial charge >= 0.3 is 0 Å². The van der Waals surface area contributed by atoms with Crippen LogP contribution in [0.25, 0.3) is 0 Å². The zero-order valence-corrected chi connectivity index (χ0v) is 13.9. The molecule has 21 heavy (non-hydrogen) atoms. The maximum atomic E-state index is 11.9. The SMILES string of the molecule is Cc1ccc(SCCC(=O)Nc2c(Cl)cccc2Cl)cc1. The van der Waals surface area contributed by atoms with Crippen molar-refractivity contribution in [2.24, 2.45) is 0 Å². The molecule has 0 fully saturated rings. The summed E-state index contributed by atoms with van der Waals surface area (Å²) in [5.41, 5.74) is 1.71. The molecule has 1 amide bonds. The van der Waals surface area contributed by atoms with Crippen molar-refractivity contribution in [2.75, 3.05) is 11.1 Å². The molecule has 0 aromatic heterocycles. The van der Waals surface area contributed by atoms with Crippen LogP contribution in [-0.4, -0.2) is 11.7 Å². The topological polar surface area (TPSA) is 29.1 Å². The molecule has 0 aliphatic heterocycles. The number of carbonyl (C=O) groups excluding carboxylic acids is 1. The van der Waals surface area contributed by atoms with Crippen LogP contribution in [0.5, 0.6) is 0 Å². The standard InChI is InChI=1S/C16H15Cl2NOS/c1-11-5-7-12(8-6-11)21-10-9-15(20)19-16-13(17)3-2-4-14(16)18/h2-8H,9-10H2,1H3,(H,19,20). The van der Waals surface area contributed by atoms with E-state index >= 15 is 0 Å². The number of hydrogen-bond donors (Lipinski definition) is 1. The van der Waals surface area contributed by atoms with E-state index in [1.807, 2.05) is 0 Å². The van der Waals surface area contributed by atoms with Crippen molar-refractivity contribution < 1.29 is 4.79 Å². The summed E-state index contributed by atoms with van der Waals surface area (Å²) in [6.07, 6.45) is 0.403. The fourth-order valence-corrected chi connectivity index (χ4v) is 3.06. The van der Waals surface area contributed by atoms with Gasteiger partial charge in [-0.25, -0.2) is 0 Å². The average Bonchev–Trinajstić information content (AvgIpc) is 2.45. The van der Waals surface area contributed by atoms with Crippen LogP contribution in [0.15, 0.2) is 47.4 Å². The number of amides is 1. The van der Waals surface area contributed by atoms with Gasteiger partial charge in [0.05, 0.1) is 15.7 Å². The van der Waals surface area contributed by atoms with Gasteiger partial charge in [0.2, 0.25) is 5.91 Å². The van der Waals surface area contributed by atoms with Crippen molar-refractivity contribution in [2.45, 2.75) is 18.2 Å². The molecule has 0 unspecified atom stereocenters. The van der Waals surface area contributed by atoms with E-state index in [4.69, 9.17) is 23.2 Å². The van der Waals surface area contributed by atoms with Crippen molar-refractivity contribution in [3.63, 3.8) is 0 Å². The lowest BCUT2D eigenvalue weighted by molar-refractivity contribution is -0.115. The first-order chi connectivity index (χ1) is 10.1. The minimum atomic E-state index is -0.0930. The number of thioether (sulfide) groups is 1. The quantitative estimate of drug-likeness (QED) is 0.736. The van der Waals surface area contributed by atoms with Crippen LogP contribution in [0.4, 0.5) is 5.69 Å². The van der Waals surface area contributed by atoms with Crippen LogP contribution in [0.3, 0.4) is 0 Å². The van der Waals surface area contributed by atoms with Gasteiger partial charge < -0.3 is 5.32 Å². The molecule has 5 heteroatoms. The fraction of sp³-hybridized carbons (Fsp3) is 0.188. The Labute approximate surface area is 138 Å². The molecule has 0 radical (unpaired) electrons. The molecule has 2 nitrogen and oxygen atoms in total. The molecule has 2 aromatic carbocycles. The van der Waals surface area contributed by atoms with Gasteiger partial charge in [-0.3, -0.25) is 4.79 Å². The van der Waals surface area contributed by atoms with Crippen molar-refractivity contribution in [1.82, 2.24) is 0 Å². The smallest absolute Gasteiger partial charge is 0.225 e. The number of anilines is 1. The number of hydrogen-bond acceptors (Lipinski definition) is 2. The Morgan fingerprint density at radius 1 is 1.10 bits per heavy atom. The second kappa shape index (κ2) is 7.74. The number of aryl methyl sites for hydroxylation is 1. The summed E-state index contributed by atoms with van der Waals surface area (Å²) in [6.45, 7) is 2.05. The van der Waals surface area contributed by atoms with E-state index in [1.165, 1.54) is 5.56 Å². The fourth-order valence-electron chi connectivity index (χ4n) is 1.72. The Morgan fingerprint density at radius 2 is 1.71 bits per heavy atom. The molecular weight excluding hydrogens is 325 g/mol. The van der Waals surface area contributed by atoms with Gasteiger partial charge in [-0.2, -0.15) is 0 Å². The second-order valence-corrected chi connectivity index (χ2v) is 6.54. The zero-order chi connectivity index (χ0) is 15.2. The number of nitrogens with one attached hydrogen (secondary N) is 1. The van der Waals surface area contributed by atoms with E-state index in [9.17, 15) is 4.79 Å². The van der Waals surface area contributed by atoms with E-state index in [-0.39, 0.29) is 5.91 Å². The van der Waals surface area contributed by atoms with Crippen LogP contribution in [0.2, 0.25) is 10.0 Å². The van der Waals surface area contributed by atoms with Gasteiger partial charge in [0.25, 0.3) is 0 Å². The van der Waals surface area contributed by atoms with E-state index in [1.54, 1.807) is 30.0 Å². The lowest BCUT2D eigenvalue weighted by atomic mass is 10.2. The largest absolute Gasteiger partial charge is 0.324 e. The molecule has 0 heterocycles. The van der Waals surface area contributed by atoms with Gasteiger partial charge in [-0.05, 0) is 31.2 Å². The third-order valence-electron chi connectivity index (χ3n) is 2.85. The summed E-state index contributed by atoms with van der Waals surface area (Å²) in [5, 5.41) is 3.65. The Hall–Kier alpha value is -1.16. The van der Waals surface area contributed by atoms with Gasteiger partial charge in [-0.15, -0.1) is 11.8 Å². The summed E-state index contributed by atoms with van der Waals surface area (Å²) < 4.78 is 0. The highest BCUT2D eigenvalue weighted by molar-refractivity contribution is 7.99. The van der Waals surface area contributed by atoms with Crippen LogP contribution in [0.1, 0.15) is 12.0 Å². The van der Waals surface area contributed by atoms with E-state index in [0.29, 0.717) is 27.9 Å². The highest BCUT2D eigenvalue weighted by Gasteiger charge is 2.09. The molecular formula is C16H15Cl2NOS. The molecule has 110 valence electrons. The maximum Gasteiger partial charge on any atom is 0.225 e. The van der Waals surface area contributed by atoms with Gasteiger partial charge in [0, 0.05) is 17.1 Å². The predicted molar refractivity (Wildman–Crippen MR) is 91.6 cm³/mol. The Bertz CT molecular complexity index is 608. The minimum absolute atomic E-state index is 0.0930. The lowest BCUT2D eigenvalue weighted by Crippen LogP contribution is -2.12. The maximum absolute atomic E-state index is 11.9. The normalized spacial score (nSPS) is 10.4. The summed E-state index contributed by atoms with van der Waals surface area (Å²) in [6, 6.07) is 13.4. The summed E-state index contributed by atoms with van der Waals surface area (Å²) >= 11 is 13.7. The number of para-hydroxylation sites is 1. The Balaban J connectivity index is 1.84. The van der Waals surface area contributed by atoms with Gasteiger partial charge in [-0.1, -0.05) is 47.0 Å². The molecule has 0 atom stereocenters.